The Hall–Kier alpha value is -1.13. The minimum absolute atomic E-state index is 0.0334. The van der Waals surface area contributed by atoms with E-state index in [4.69, 9.17) is 9.84 Å². The summed E-state index contributed by atoms with van der Waals surface area (Å²) in [6, 6.07) is -0.389. The van der Waals surface area contributed by atoms with Crippen molar-refractivity contribution < 1.29 is 32.6 Å². The van der Waals surface area contributed by atoms with E-state index in [0.29, 0.717) is 25.7 Å². The lowest BCUT2D eigenvalue weighted by molar-refractivity contribution is -0.150. The van der Waals surface area contributed by atoms with Gasteiger partial charge in [0.15, 0.2) is 0 Å². The number of ether oxygens (including phenoxy) is 1. The molecule has 0 bridgehead atoms. The van der Waals surface area contributed by atoms with Crippen molar-refractivity contribution in [3.05, 3.63) is 11.3 Å². The first-order chi connectivity index (χ1) is 11.7. The zero-order valence-electron chi connectivity index (χ0n) is 14.0. The molecule has 0 aromatic heterocycles. The molecule has 1 N–H and O–H groups in total. The summed E-state index contributed by atoms with van der Waals surface area (Å²) in [5, 5.41) is 9.08. The molecule has 1 aliphatic heterocycles. The Bertz CT molecular complexity index is 603. The van der Waals surface area contributed by atoms with Crippen LogP contribution >= 0.6 is 21.0 Å². The van der Waals surface area contributed by atoms with Crippen molar-refractivity contribution in [3.63, 3.8) is 0 Å². The molecule has 1 saturated carbocycles. The van der Waals surface area contributed by atoms with Gasteiger partial charge in [-0.05, 0) is 38.5 Å². The number of hydrogen-bond donors (Lipinski definition) is 1. The van der Waals surface area contributed by atoms with Crippen molar-refractivity contribution in [1.82, 2.24) is 3.11 Å². The first-order valence-electron chi connectivity index (χ1n) is 8.14. The number of nitrogens with zero attached hydrogens (tertiary/aromatic N) is 1. The molecule has 0 saturated heterocycles. The number of carboxylic acids is 1. The highest BCUT2D eigenvalue weighted by Crippen LogP contribution is 2.44. The van der Waals surface area contributed by atoms with Gasteiger partial charge in [0.05, 0.1) is 18.1 Å². The van der Waals surface area contributed by atoms with E-state index in [1.54, 1.807) is 6.92 Å². The summed E-state index contributed by atoms with van der Waals surface area (Å²) in [4.78, 5) is 23.2. The molecule has 3 atom stereocenters. The fourth-order valence-electron chi connectivity index (χ4n) is 3.28. The monoisotopic (exact) mass is 475 g/mol. The van der Waals surface area contributed by atoms with Crippen LogP contribution in [0.5, 0.6) is 0 Å². The summed E-state index contributed by atoms with van der Waals surface area (Å²) in [6.45, 7) is 3.92. The minimum Gasteiger partial charge on any atom is -0.478 e. The molecule has 0 spiro atoms. The smallest absolute Gasteiger partial charge is 0.432 e. The van der Waals surface area contributed by atoms with E-state index in [0.717, 1.165) is 0 Å². The number of halogens is 4. The standard InChI is InChI=1S/C16H21F3INO4/c1-3-25-15(24)11-7-6-10(5-4-9(11)2)21-13(16(17,18)19)12(8-20-21)14(22)23/h8-11H,3-7H2,1-2H3,(H,22,23)/t9-,10+,11-/m0/s1. The summed E-state index contributed by atoms with van der Waals surface area (Å²) in [5.74, 6) is -2.12. The number of allylic oxidation sites excluding steroid dienone is 1. The Balaban J connectivity index is 2.21. The molecule has 142 valence electrons. The highest BCUT2D eigenvalue weighted by molar-refractivity contribution is 14.2. The topological polar surface area (TPSA) is 66.8 Å². The van der Waals surface area contributed by atoms with Crippen LogP contribution in [0.4, 0.5) is 13.2 Å². The van der Waals surface area contributed by atoms with E-state index in [9.17, 15) is 22.8 Å². The second kappa shape index (κ2) is 8.05. The van der Waals surface area contributed by atoms with E-state index in [2.05, 4.69) is 0 Å². The maximum atomic E-state index is 13.4. The van der Waals surface area contributed by atoms with Gasteiger partial charge in [-0.1, -0.05) is 6.92 Å². The molecule has 5 nitrogen and oxygen atoms in total. The van der Waals surface area contributed by atoms with Crippen LogP contribution in [-0.4, -0.2) is 43.0 Å². The van der Waals surface area contributed by atoms with Crippen molar-refractivity contribution in [2.75, 3.05) is 6.61 Å². The predicted octanol–water partition coefficient (Wildman–Crippen LogP) is 3.65. The van der Waals surface area contributed by atoms with Gasteiger partial charge in [0.2, 0.25) is 0 Å². The molecule has 0 radical (unpaired) electrons. The molecule has 0 unspecified atom stereocenters. The van der Waals surface area contributed by atoms with Gasteiger partial charge in [-0.25, -0.2) is 4.79 Å². The quantitative estimate of drug-likeness (QED) is 0.291. The van der Waals surface area contributed by atoms with Gasteiger partial charge >= 0.3 is 18.1 Å². The first kappa shape index (κ1) is 20.2. The third-order valence-corrected chi connectivity index (χ3v) is 7.37. The van der Waals surface area contributed by atoms with Crippen LogP contribution in [0.2, 0.25) is 0 Å². The summed E-state index contributed by atoms with van der Waals surface area (Å²) < 4.78 is 47.8. The lowest BCUT2D eigenvalue weighted by atomic mass is 9.90. The summed E-state index contributed by atoms with van der Waals surface area (Å²) in [7, 11) is 0. The largest absolute Gasteiger partial charge is 0.478 e. The summed E-state index contributed by atoms with van der Waals surface area (Å²) in [5.41, 5.74) is -1.67. The zero-order valence-corrected chi connectivity index (χ0v) is 16.1. The van der Waals surface area contributed by atoms with Crippen LogP contribution in [0.25, 0.3) is 0 Å². The van der Waals surface area contributed by atoms with Crippen LogP contribution < -0.4 is 0 Å². The molecule has 9 heteroatoms. The summed E-state index contributed by atoms with van der Waals surface area (Å²) in [6.07, 6.45) is -2.69. The van der Waals surface area contributed by atoms with Crippen molar-refractivity contribution in [2.24, 2.45) is 11.8 Å². The third-order valence-electron chi connectivity index (χ3n) is 4.59. The minimum atomic E-state index is -4.70. The lowest BCUT2D eigenvalue weighted by Crippen LogP contribution is -2.33. The highest BCUT2D eigenvalue weighted by Gasteiger charge is 2.46. The molecule has 1 fully saturated rings. The third kappa shape index (κ3) is 4.53. The van der Waals surface area contributed by atoms with E-state index in [-0.39, 0.29) is 30.5 Å². The normalized spacial score (nSPS) is 27.7. The number of carbonyl (C=O) groups excluding carboxylic acids is 1. The number of hydrogen-bond acceptors (Lipinski definition) is 4. The second-order valence-corrected chi connectivity index (χ2v) is 8.45. The van der Waals surface area contributed by atoms with Crippen LogP contribution in [-0.2, 0) is 14.3 Å². The van der Waals surface area contributed by atoms with Crippen molar-refractivity contribution in [2.45, 2.75) is 51.7 Å². The Morgan fingerprint density at radius 2 is 1.96 bits per heavy atom. The molecule has 2 aliphatic rings. The van der Waals surface area contributed by atoms with Gasteiger partial charge in [0.25, 0.3) is 0 Å². The fraction of sp³-hybridized carbons (Fsp3) is 0.688. The van der Waals surface area contributed by atoms with Gasteiger partial charge in [-0.2, -0.15) is 13.2 Å². The number of rotatable bonds is 4. The number of esters is 1. The number of carboxylic acid groups (broad SMARTS) is 1. The van der Waals surface area contributed by atoms with Gasteiger partial charge in [-0.3, -0.25) is 4.79 Å². The molecular formula is C16H21F3INO4. The van der Waals surface area contributed by atoms with E-state index < -0.39 is 44.4 Å². The average Bonchev–Trinajstić information content (AvgIpc) is 2.87. The lowest BCUT2D eigenvalue weighted by Gasteiger charge is -2.30. The maximum Gasteiger partial charge on any atom is 0.432 e. The molecule has 25 heavy (non-hydrogen) atoms. The van der Waals surface area contributed by atoms with Crippen molar-refractivity contribution in [3.8, 4) is 0 Å². The molecule has 0 aromatic rings. The molecule has 0 amide bonds. The van der Waals surface area contributed by atoms with Gasteiger partial charge in [-0.15, -0.1) is 0 Å². The Morgan fingerprint density at radius 3 is 2.52 bits per heavy atom. The van der Waals surface area contributed by atoms with Crippen LogP contribution in [0.3, 0.4) is 0 Å². The summed E-state index contributed by atoms with van der Waals surface area (Å²) >= 11 is -1.18. The number of aliphatic carboxylic acids is 1. The Kier molecular flexibility index (Phi) is 6.50. The predicted molar refractivity (Wildman–Crippen MR) is 94.2 cm³/mol. The van der Waals surface area contributed by atoms with E-state index in [1.807, 2.05) is 6.92 Å². The van der Waals surface area contributed by atoms with Crippen LogP contribution in [0.1, 0.15) is 39.5 Å². The molecule has 0 aromatic carbocycles. The Labute approximate surface area is 154 Å². The van der Waals surface area contributed by atoms with E-state index >= 15 is 0 Å². The van der Waals surface area contributed by atoms with Gasteiger partial charge < -0.3 is 13.0 Å². The van der Waals surface area contributed by atoms with Gasteiger partial charge in [0.1, 0.15) is 5.70 Å². The molecule has 1 heterocycles. The average molecular weight is 475 g/mol. The molecular weight excluding hydrogens is 454 g/mol. The number of carbonyl (C=O) groups is 2. The molecule has 1 aliphatic carbocycles. The van der Waals surface area contributed by atoms with Crippen molar-refractivity contribution >= 4 is 37.0 Å². The van der Waals surface area contributed by atoms with Crippen LogP contribution in [0.15, 0.2) is 11.3 Å². The first-order valence-corrected chi connectivity index (χ1v) is 10.3. The maximum absolute atomic E-state index is 13.4. The SMILES string of the molecule is CCOC(=O)[C@H]1CC[C@H](N2I=CC(C(=O)O)=C2C(F)(F)F)CC[C@@H]1C. The fourth-order valence-corrected chi connectivity index (χ4v) is 6.25. The van der Waals surface area contributed by atoms with Crippen LogP contribution in [0, 0.1) is 11.8 Å². The van der Waals surface area contributed by atoms with E-state index in [1.165, 1.54) is 7.13 Å². The zero-order chi connectivity index (χ0) is 18.8. The second-order valence-electron chi connectivity index (χ2n) is 6.23. The van der Waals surface area contributed by atoms with Gasteiger partial charge in [0, 0.05) is 31.1 Å². The van der Waals surface area contributed by atoms with Crippen molar-refractivity contribution in [1.29, 1.82) is 0 Å². The highest BCUT2D eigenvalue weighted by atomic mass is 127. The number of alkyl halides is 3. The molecule has 2 rings (SSSR count). The Morgan fingerprint density at radius 1 is 1.32 bits per heavy atom.